The molecule has 0 radical (unpaired) electrons. The van der Waals surface area contributed by atoms with Crippen molar-refractivity contribution in [1.82, 2.24) is 24.6 Å². The molecule has 2 unspecified atom stereocenters. The summed E-state index contributed by atoms with van der Waals surface area (Å²) in [4.78, 5) is 62.2. The second-order valence-corrected chi connectivity index (χ2v) is 13.6. The van der Waals surface area contributed by atoms with E-state index in [2.05, 4.69) is 24.7 Å². The van der Waals surface area contributed by atoms with E-state index in [0.717, 1.165) is 16.3 Å². The van der Waals surface area contributed by atoms with Crippen LogP contribution in [0.4, 0.5) is 5.69 Å². The quantitative estimate of drug-likeness (QED) is 0.0827. The van der Waals surface area contributed by atoms with Crippen molar-refractivity contribution >= 4 is 33.6 Å². The first-order valence-electron chi connectivity index (χ1n) is 17.1. The van der Waals surface area contributed by atoms with Crippen molar-refractivity contribution in [2.24, 2.45) is 0 Å². The summed E-state index contributed by atoms with van der Waals surface area (Å²) in [5, 5.41) is 2.81. The van der Waals surface area contributed by atoms with E-state index in [1.807, 2.05) is 6.07 Å². The monoisotopic (exact) mass is 752 g/mol. The molecule has 0 fully saturated rings. The van der Waals surface area contributed by atoms with E-state index in [1.54, 1.807) is 109 Å². The first-order valence-corrected chi connectivity index (χ1v) is 18.6. The molecule has 280 valence electrons. The van der Waals surface area contributed by atoms with Crippen LogP contribution in [0.15, 0.2) is 126 Å². The average molecular weight is 753 g/mol. The summed E-state index contributed by atoms with van der Waals surface area (Å²) in [6.45, 7) is 0.688. The number of esters is 1. The van der Waals surface area contributed by atoms with E-state index >= 15 is 0 Å². The van der Waals surface area contributed by atoms with Crippen LogP contribution in [0.3, 0.4) is 0 Å². The molecule has 15 heteroatoms. The van der Waals surface area contributed by atoms with Crippen LogP contribution in [0, 0.1) is 0 Å². The molecular formula is C39H40N6O8S. The fraction of sp³-hybridized carbons (Fsp3) is 0.231. The van der Waals surface area contributed by atoms with Gasteiger partial charge in [0.15, 0.2) is 11.9 Å². The highest BCUT2D eigenvalue weighted by molar-refractivity contribution is 7.90. The Kier molecular flexibility index (Phi) is 13.8. The van der Waals surface area contributed by atoms with E-state index in [1.165, 1.54) is 6.92 Å². The number of carbonyl (C=O) groups is 3. The summed E-state index contributed by atoms with van der Waals surface area (Å²) >= 11 is 0. The Hall–Kier alpha value is -6.19. The van der Waals surface area contributed by atoms with E-state index in [-0.39, 0.29) is 38.2 Å². The molecule has 5 aromatic rings. The topological polar surface area (TPSA) is 188 Å². The smallest absolute Gasteiger partial charge is 0.303 e. The average Bonchev–Trinajstić information content (AvgIpc) is 3.17. The molecule has 5 rings (SSSR count). The van der Waals surface area contributed by atoms with Gasteiger partial charge in [-0.15, -0.1) is 0 Å². The van der Waals surface area contributed by atoms with Crippen LogP contribution in [0.25, 0.3) is 11.4 Å². The van der Waals surface area contributed by atoms with Crippen LogP contribution in [0.1, 0.15) is 30.9 Å². The molecule has 0 aliphatic heterocycles. The highest BCUT2D eigenvalue weighted by atomic mass is 32.2. The minimum atomic E-state index is -4.24. The molecule has 0 bridgehead atoms. The number of ketones is 1. The van der Waals surface area contributed by atoms with Crippen LogP contribution < -0.4 is 25.1 Å². The lowest BCUT2D eigenvalue weighted by atomic mass is 9.96. The van der Waals surface area contributed by atoms with Gasteiger partial charge in [-0.1, -0.05) is 97.1 Å². The first kappa shape index (κ1) is 39.0. The molecule has 54 heavy (non-hydrogen) atoms. The lowest BCUT2D eigenvalue weighted by Crippen LogP contribution is -2.51. The third-order valence-electron chi connectivity index (χ3n) is 8.01. The van der Waals surface area contributed by atoms with Gasteiger partial charge in [0.25, 0.3) is 15.8 Å². The highest BCUT2D eigenvalue weighted by Gasteiger charge is 2.33. The summed E-state index contributed by atoms with van der Waals surface area (Å²) in [6.07, 6.45) is 1.65. The number of nitrogens with zero attached hydrogens (tertiary/aromatic N) is 3. The van der Waals surface area contributed by atoms with Crippen molar-refractivity contribution < 1.29 is 32.3 Å². The SMILES string of the molecule is CC(=O)OC(C(=O)CCCOc1ccccn1)C(Cc1ccccc1)NC(=O)Cn1c(-c2ccccc2)ncc(NS(=O)(=O)NCc2ccccc2)c1=O. The highest BCUT2D eigenvalue weighted by Crippen LogP contribution is 2.18. The first-order chi connectivity index (χ1) is 26.1. The molecule has 14 nitrogen and oxygen atoms in total. The number of rotatable bonds is 19. The number of hydrogen-bond acceptors (Lipinski definition) is 10. The fourth-order valence-corrected chi connectivity index (χ4v) is 6.39. The second kappa shape index (κ2) is 19.0. The van der Waals surface area contributed by atoms with Gasteiger partial charge in [-0.05, 0) is 30.0 Å². The Bertz CT molecular complexity index is 2170. The molecule has 2 heterocycles. The third-order valence-corrected chi connectivity index (χ3v) is 9.02. The fourth-order valence-electron chi connectivity index (χ4n) is 5.53. The normalized spacial score (nSPS) is 12.2. The molecular weight excluding hydrogens is 713 g/mol. The van der Waals surface area contributed by atoms with Crippen LogP contribution >= 0.6 is 0 Å². The van der Waals surface area contributed by atoms with Crippen LogP contribution in [0.5, 0.6) is 5.88 Å². The molecule has 1 amide bonds. The van der Waals surface area contributed by atoms with E-state index in [4.69, 9.17) is 9.47 Å². The molecule has 3 aromatic carbocycles. The van der Waals surface area contributed by atoms with Crippen molar-refractivity contribution in [2.75, 3.05) is 11.3 Å². The maximum absolute atomic E-state index is 13.9. The number of nitrogens with one attached hydrogen (secondary N) is 3. The van der Waals surface area contributed by atoms with Crippen LogP contribution in [-0.4, -0.2) is 59.4 Å². The van der Waals surface area contributed by atoms with Gasteiger partial charge >= 0.3 is 5.97 Å². The Morgan fingerprint density at radius 2 is 1.48 bits per heavy atom. The predicted molar refractivity (Wildman–Crippen MR) is 201 cm³/mol. The van der Waals surface area contributed by atoms with Crippen molar-refractivity contribution in [3.63, 3.8) is 0 Å². The summed E-state index contributed by atoms with van der Waals surface area (Å²) in [5.41, 5.74) is 0.687. The van der Waals surface area contributed by atoms with Gasteiger partial charge in [-0.25, -0.2) is 9.97 Å². The number of pyridine rings is 1. The lowest BCUT2D eigenvalue weighted by molar-refractivity contribution is -0.155. The molecule has 0 aliphatic carbocycles. The largest absolute Gasteiger partial charge is 0.478 e. The molecule has 0 aliphatic rings. The van der Waals surface area contributed by atoms with Crippen molar-refractivity contribution in [3.8, 4) is 17.3 Å². The number of carbonyl (C=O) groups excluding carboxylic acids is 3. The maximum Gasteiger partial charge on any atom is 0.303 e. The maximum atomic E-state index is 13.9. The van der Waals surface area contributed by atoms with Crippen molar-refractivity contribution in [1.29, 1.82) is 0 Å². The van der Waals surface area contributed by atoms with E-state index in [9.17, 15) is 27.6 Å². The Morgan fingerprint density at radius 1 is 0.833 bits per heavy atom. The van der Waals surface area contributed by atoms with Gasteiger partial charge in [0.1, 0.15) is 18.1 Å². The molecule has 3 N–H and O–H groups in total. The van der Waals surface area contributed by atoms with Crippen LogP contribution in [-0.2, 0) is 48.8 Å². The Labute approximate surface area is 312 Å². The predicted octanol–water partition coefficient (Wildman–Crippen LogP) is 3.84. The number of amides is 1. The number of anilines is 1. The van der Waals surface area contributed by atoms with Gasteiger partial charge < -0.3 is 14.8 Å². The molecule has 0 saturated carbocycles. The standard InChI is InChI=1S/C39H40N6O8S/c1-28(46)53-37(34(47)20-13-23-52-36-21-11-12-22-40-36)32(24-29-14-5-2-6-15-29)43-35(48)27-45-38(31-18-9-4-10-19-31)41-26-33(39(45)49)44-54(50,51)42-25-30-16-7-3-8-17-30/h2-12,14-19,21-22,26,32,37,42,44H,13,20,23-25,27H2,1H3,(H,43,48). The minimum absolute atomic E-state index is 0.0338. The number of aromatic nitrogens is 3. The zero-order valence-corrected chi connectivity index (χ0v) is 30.3. The van der Waals surface area contributed by atoms with Crippen LogP contribution in [0.2, 0.25) is 0 Å². The van der Waals surface area contributed by atoms with Crippen molar-refractivity contribution in [2.45, 2.75) is 51.4 Å². The second-order valence-electron chi connectivity index (χ2n) is 12.1. The van der Waals surface area contributed by atoms with Crippen molar-refractivity contribution in [3.05, 3.63) is 143 Å². The zero-order chi connectivity index (χ0) is 38.3. The van der Waals surface area contributed by atoms with Gasteiger partial charge in [-0.2, -0.15) is 13.1 Å². The zero-order valence-electron chi connectivity index (χ0n) is 29.5. The summed E-state index contributed by atoms with van der Waals surface area (Å²) in [7, 11) is -4.24. The Morgan fingerprint density at radius 3 is 2.13 bits per heavy atom. The summed E-state index contributed by atoms with van der Waals surface area (Å²) in [6, 6.07) is 30.6. The molecule has 0 spiro atoms. The Balaban J connectivity index is 1.39. The number of hydrogen-bond donors (Lipinski definition) is 3. The van der Waals surface area contributed by atoms with E-state index < -0.39 is 57.8 Å². The third kappa shape index (κ3) is 11.7. The minimum Gasteiger partial charge on any atom is -0.478 e. The summed E-state index contributed by atoms with van der Waals surface area (Å²) < 4.78 is 42.7. The molecule has 2 aromatic heterocycles. The molecule has 2 atom stereocenters. The number of benzene rings is 3. The number of ether oxygens (including phenoxy) is 2. The van der Waals surface area contributed by atoms with Gasteiger partial charge in [0.05, 0.1) is 18.8 Å². The summed E-state index contributed by atoms with van der Waals surface area (Å²) in [5.74, 6) is -1.40. The van der Waals surface area contributed by atoms with Gasteiger partial charge in [0, 0.05) is 37.7 Å². The van der Waals surface area contributed by atoms with Gasteiger partial charge in [0.2, 0.25) is 11.8 Å². The van der Waals surface area contributed by atoms with E-state index in [0.29, 0.717) is 17.0 Å². The number of Topliss-reactive ketones (excluding diaryl/α,β-unsaturated/α-hetero) is 1. The molecule has 0 saturated heterocycles. The van der Waals surface area contributed by atoms with Gasteiger partial charge in [-0.3, -0.25) is 28.5 Å². The lowest BCUT2D eigenvalue weighted by Gasteiger charge is -2.27.